The van der Waals surface area contributed by atoms with Gasteiger partial charge in [-0.05, 0) is 49.2 Å². The van der Waals surface area contributed by atoms with Crippen LogP contribution in [-0.4, -0.2) is 58.8 Å². The molecule has 7 nitrogen and oxygen atoms in total. The highest BCUT2D eigenvalue weighted by Gasteiger charge is 2.23. The van der Waals surface area contributed by atoms with Gasteiger partial charge in [-0.1, -0.05) is 12.1 Å². The number of carbonyl (C=O) groups is 1. The van der Waals surface area contributed by atoms with Crippen LogP contribution in [0.3, 0.4) is 0 Å². The van der Waals surface area contributed by atoms with Gasteiger partial charge in [0.25, 0.3) is 5.91 Å². The molecule has 2 heterocycles. The van der Waals surface area contributed by atoms with E-state index in [1.165, 1.54) is 5.56 Å². The molecule has 1 aliphatic heterocycles. The molecule has 7 heteroatoms. The van der Waals surface area contributed by atoms with Gasteiger partial charge in [-0.2, -0.15) is 5.10 Å². The van der Waals surface area contributed by atoms with E-state index in [0.717, 1.165) is 47.8 Å². The number of carbonyl (C=O) groups excluding carboxylic acids is 1. The van der Waals surface area contributed by atoms with Gasteiger partial charge in [-0.15, -0.1) is 0 Å². The van der Waals surface area contributed by atoms with Gasteiger partial charge in [0, 0.05) is 62.7 Å². The summed E-state index contributed by atoms with van der Waals surface area (Å²) in [7, 11) is 3.57. The van der Waals surface area contributed by atoms with Gasteiger partial charge in [0.05, 0.1) is 13.3 Å². The van der Waals surface area contributed by atoms with E-state index in [9.17, 15) is 4.79 Å². The zero-order valence-electron chi connectivity index (χ0n) is 19.9. The number of hydrogen-bond acceptors (Lipinski definition) is 5. The van der Waals surface area contributed by atoms with Crippen LogP contribution in [0.5, 0.6) is 11.5 Å². The highest BCUT2D eigenvalue weighted by molar-refractivity contribution is 5.94. The largest absolute Gasteiger partial charge is 0.496 e. The molecule has 0 aliphatic carbocycles. The SMILES string of the molecule is COc1ccc(C(=O)N2CCN(Cc3cnn(C)c3)CC2)cc1COc1cc(C)ccc1C. The molecule has 1 amide bonds. The predicted molar refractivity (Wildman–Crippen MR) is 128 cm³/mol. The second-order valence-corrected chi connectivity index (χ2v) is 8.67. The number of aryl methyl sites for hydroxylation is 3. The first kappa shape index (κ1) is 22.9. The quantitative estimate of drug-likeness (QED) is 0.553. The van der Waals surface area contributed by atoms with Gasteiger partial charge >= 0.3 is 0 Å². The molecule has 2 aromatic carbocycles. The second kappa shape index (κ2) is 10.1. The average molecular weight is 449 g/mol. The molecular formula is C26H32N4O3. The Morgan fingerprint density at radius 2 is 1.82 bits per heavy atom. The molecule has 0 atom stereocenters. The number of amides is 1. The molecule has 0 spiro atoms. The minimum atomic E-state index is 0.0478. The van der Waals surface area contributed by atoms with E-state index in [-0.39, 0.29) is 5.91 Å². The molecule has 0 radical (unpaired) electrons. The van der Waals surface area contributed by atoms with Crippen LogP contribution in [0.1, 0.15) is 32.6 Å². The van der Waals surface area contributed by atoms with E-state index in [0.29, 0.717) is 25.3 Å². The Morgan fingerprint density at radius 1 is 1.03 bits per heavy atom. The van der Waals surface area contributed by atoms with Crippen molar-refractivity contribution in [2.24, 2.45) is 7.05 Å². The smallest absolute Gasteiger partial charge is 0.253 e. The van der Waals surface area contributed by atoms with Crippen LogP contribution in [0.25, 0.3) is 0 Å². The maximum Gasteiger partial charge on any atom is 0.253 e. The van der Waals surface area contributed by atoms with Crippen LogP contribution in [0.2, 0.25) is 0 Å². The number of nitrogens with zero attached hydrogens (tertiary/aromatic N) is 4. The number of rotatable bonds is 7. The van der Waals surface area contributed by atoms with Gasteiger partial charge in [0.15, 0.2) is 0 Å². The van der Waals surface area contributed by atoms with Gasteiger partial charge < -0.3 is 14.4 Å². The van der Waals surface area contributed by atoms with Crippen molar-refractivity contribution in [2.45, 2.75) is 27.0 Å². The van der Waals surface area contributed by atoms with E-state index < -0.39 is 0 Å². The van der Waals surface area contributed by atoms with Crippen molar-refractivity contribution in [3.05, 3.63) is 76.6 Å². The standard InChI is InChI=1S/C26H32N4O3/c1-19-5-6-20(2)25(13-19)33-18-23-14-22(7-8-24(23)32-4)26(31)30-11-9-29(10-12-30)17-21-15-27-28(3)16-21/h5-8,13-16H,9-12,17-18H2,1-4H3. The Balaban J connectivity index is 1.40. The Morgan fingerprint density at radius 3 is 2.52 bits per heavy atom. The third kappa shape index (κ3) is 5.54. The maximum atomic E-state index is 13.2. The average Bonchev–Trinajstić information content (AvgIpc) is 3.23. The molecule has 1 aliphatic rings. The van der Waals surface area contributed by atoms with Gasteiger partial charge in [-0.25, -0.2) is 0 Å². The molecule has 0 N–H and O–H groups in total. The monoisotopic (exact) mass is 448 g/mol. The second-order valence-electron chi connectivity index (χ2n) is 8.67. The van der Waals surface area contributed by atoms with Crippen LogP contribution < -0.4 is 9.47 Å². The van der Waals surface area contributed by atoms with Crippen molar-refractivity contribution in [2.75, 3.05) is 33.3 Å². The molecule has 1 fully saturated rings. The summed E-state index contributed by atoms with van der Waals surface area (Å²) in [6.07, 6.45) is 3.94. The third-order valence-electron chi connectivity index (χ3n) is 6.08. The van der Waals surface area contributed by atoms with Crippen molar-refractivity contribution in [1.82, 2.24) is 19.6 Å². The molecule has 33 heavy (non-hydrogen) atoms. The molecule has 0 unspecified atom stereocenters. The Bertz CT molecular complexity index is 1120. The van der Waals surface area contributed by atoms with E-state index in [4.69, 9.17) is 9.47 Å². The van der Waals surface area contributed by atoms with Crippen LogP contribution >= 0.6 is 0 Å². The summed E-state index contributed by atoms with van der Waals surface area (Å²) >= 11 is 0. The fourth-order valence-electron chi connectivity index (χ4n) is 4.15. The van der Waals surface area contributed by atoms with Gasteiger partial charge in [-0.3, -0.25) is 14.4 Å². The van der Waals surface area contributed by atoms with Crippen LogP contribution in [-0.2, 0) is 20.2 Å². The molecule has 4 rings (SSSR count). The zero-order chi connectivity index (χ0) is 23.4. The van der Waals surface area contributed by atoms with Gasteiger partial charge in [0.2, 0.25) is 0 Å². The first-order valence-electron chi connectivity index (χ1n) is 11.3. The first-order valence-corrected chi connectivity index (χ1v) is 11.3. The molecular weight excluding hydrogens is 416 g/mol. The minimum absolute atomic E-state index is 0.0478. The van der Waals surface area contributed by atoms with Crippen molar-refractivity contribution in [3.63, 3.8) is 0 Å². The summed E-state index contributed by atoms with van der Waals surface area (Å²) in [6.45, 7) is 8.38. The van der Waals surface area contributed by atoms with E-state index in [1.807, 2.05) is 67.1 Å². The third-order valence-corrected chi connectivity index (χ3v) is 6.08. The molecule has 1 aromatic heterocycles. The molecule has 0 saturated carbocycles. The number of aromatic nitrogens is 2. The fourth-order valence-corrected chi connectivity index (χ4v) is 4.15. The topological polar surface area (TPSA) is 59.8 Å². The van der Waals surface area contributed by atoms with Crippen molar-refractivity contribution in [1.29, 1.82) is 0 Å². The fraction of sp³-hybridized carbons (Fsp3) is 0.385. The number of piperazine rings is 1. The number of methoxy groups -OCH3 is 1. The van der Waals surface area contributed by atoms with Gasteiger partial charge in [0.1, 0.15) is 18.1 Å². The van der Waals surface area contributed by atoms with Crippen molar-refractivity contribution >= 4 is 5.91 Å². The predicted octanol–water partition coefficient (Wildman–Crippen LogP) is 3.58. The summed E-state index contributed by atoms with van der Waals surface area (Å²) in [5.74, 6) is 1.61. The van der Waals surface area contributed by atoms with E-state index >= 15 is 0 Å². The highest BCUT2D eigenvalue weighted by Crippen LogP contribution is 2.25. The summed E-state index contributed by atoms with van der Waals surface area (Å²) in [4.78, 5) is 17.5. The van der Waals surface area contributed by atoms with Crippen LogP contribution in [0, 0.1) is 13.8 Å². The minimum Gasteiger partial charge on any atom is -0.496 e. The molecule has 174 valence electrons. The lowest BCUT2D eigenvalue weighted by Gasteiger charge is -2.34. The molecule has 3 aromatic rings. The highest BCUT2D eigenvalue weighted by atomic mass is 16.5. The summed E-state index contributed by atoms with van der Waals surface area (Å²) < 4.78 is 13.4. The molecule has 1 saturated heterocycles. The summed E-state index contributed by atoms with van der Waals surface area (Å²) in [5.41, 5.74) is 4.95. The summed E-state index contributed by atoms with van der Waals surface area (Å²) in [6, 6.07) is 11.7. The number of ether oxygens (including phenoxy) is 2. The normalized spacial score (nSPS) is 14.4. The van der Waals surface area contributed by atoms with Crippen molar-refractivity contribution in [3.8, 4) is 11.5 Å². The van der Waals surface area contributed by atoms with Crippen LogP contribution in [0.4, 0.5) is 0 Å². The lowest BCUT2D eigenvalue weighted by atomic mass is 10.1. The Hall–Kier alpha value is -3.32. The lowest BCUT2D eigenvalue weighted by molar-refractivity contribution is 0.0628. The summed E-state index contributed by atoms with van der Waals surface area (Å²) in [5, 5.41) is 4.24. The zero-order valence-corrected chi connectivity index (χ0v) is 19.9. The Labute approximate surface area is 195 Å². The maximum absolute atomic E-state index is 13.2. The van der Waals surface area contributed by atoms with Crippen LogP contribution in [0.15, 0.2) is 48.8 Å². The number of hydrogen-bond donors (Lipinski definition) is 0. The van der Waals surface area contributed by atoms with E-state index in [1.54, 1.807) is 7.11 Å². The lowest BCUT2D eigenvalue weighted by Crippen LogP contribution is -2.48. The number of benzene rings is 2. The van der Waals surface area contributed by atoms with Crippen molar-refractivity contribution < 1.29 is 14.3 Å². The Kier molecular flexibility index (Phi) is 6.99. The first-order chi connectivity index (χ1) is 15.9. The van der Waals surface area contributed by atoms with E-state index in [2.05, 4.69) is 22.1 Å². The molecule has 0 bridgehead atoms.